The van der Waals surface area contributed by atoms with Crippen molar-refractivity contribution >= 4 is 11.8 Å². The number of nitrogens with zero attached hydrogens (tertiary/aromatic N) is 4. The van der Waals surface area contributed by atoms with Gasteiger partial charge in [0.2, 0.25) is 5.16 Å². The van der Waals surface area contributed by atoms with E-state index in [2.05, 4.69) is 15.5 Å². The van der Waals surface area contributed by atoms with E-state index in [0.717, 1.165) is 0 Å². The molecular weight excluding hydrogens is 269 g/mol. The average molecular weight is 283 g/mol. The van der Waals surface area contributed by atoms with E-state index in [9.17, 15) is 4.39 Å². The summed E-state index contributed by atoms with van der Waals surface area (Å²) in [6.07, 6.45) is 0. The highest BCUT2D eigenvalue weighted by Crippen LogP contribution is 2.24. The molecule has 0 bridgehead atoms. The van der Waals surface area contributed by atoms with Crippen LogP contribution in [0.2, 0.25) is 0 Å². The smallest absolute Gasteiger partial charge is 0.209 e. The molecule has 0 aliphatic rings. The summed E-state index contributed by atoms with van der Waals surface area (Å²) in [4.78, 5) is 0. The number of tetrazole rings is 1. The quantitative estimate of drug-likeness (QED) is 0.799. The fraction of sp³-hybridized carbons (Fsp3) is 0.364. The van der Waals surface area contributed by atoms with Crippen molar-refractivity contribution in [1.29, 1.82) is 0 Å². The lowest BCUT2D eigenvalue weighted by Crippen LogP contribution is -2.12. The van der Waals surface area contributed by atoms with Gasteiger partial charge >= 0.3 is 0 Å². The summed E-state index contributed by atoms with van der Waals surface area (Å²) in [6.45, 7) is 0.996. The number of nitrogens with two attached hydrogens (primary N) is 1. The van der Waals surface area contributed by atoms with Crippen LogP contribution in [0.25, 0.3) is 0 Å². The Bertz CT molecular complexity index is 548. The second kappa shape index (κ2) is 6.48. The molecule has 0 fully saturated rings. The molecule has 0 saturated carbocycles. The molecule has 1 heterocycles. The lowest BCUT2D eigenvalue weighted by Gasteiger charge is -2.05. The van der Waals surface area contributed by atoms with Gasteiger partial charge in [0.25, 0.3) is 0 Å². The molecule has 1 aromatic heterocycles. The lowest BCUT2D eigenvalue weighted by molar-refractivity contribution is 0.411. The van der Waals surface area contributed by atoms with Gasteiger partial charge in [-0.05, 0) is 22.1 Å². The second-order valence-electron chi connectivity index (χ2n) is 3.72. The van der Waals surface area contributed by atoms with Crippen molar-refractivity contribution in [3.63, 3.8) is 0 Å². The van der Waals surface area contributed by atoms with E-state index in [1.165, 1.54) is 24.9 Å². The second-order valence-corrected chi connectivity index (χ2v) is 4.66. The van der Waals surface area contributed by atoms with Crippen LogP contribution < -0.4 is 10.5 Å². The molecular formula is C11H14FN5OS. The summed E-state index contributed by atoms with van der Waals surface area (Å²) in [5.41, 5.74) is 6.03. The normalized spacial score (nSPS) is 10.7. The molecule has 0 spiro atoms. The zero-order chi connectivity index (χ0) is 13.7. The van der Waals surface area contributed by atoms with E-state index in [4.69, 9.17) is 10.5 Å². The third kappa shape index (κ3) is 3.42. The summed E-state index contributed by atoms with van der Waals surface area (Å²) < 4.78 is 20.3. The Morgan fingerprint density at radius 1 is 1.47 bits per heavy atom. The highest BCUT2D eigenvalue weighted by Gasteiger charge is 2.09. The van der Waals surface area contributed by atoms with Gasteiger partial charge in [-0.2, -0.15) is 0 Å². The van der Waals surface area contributed by atoms with Crippen LogP contribution in [0, 0.1) is 5.82 Å². The fourth-order valence-electron chi connectivity index (χ4n) is 1.48. The van der Waals surface area contributed by atoms with Gasteiger partial charge in [-0.15, -0.1) is 5.10 Å². The van der Waals surface area contributed by atoms with E-state index >= 15 is 0 Å². The van der Waals surface area contributed by atoms with Gasteiger partial charge in [0.1, 0.15) is 11.6 Å². The SMILES string of the molecule is COc1ccc(CSc2nnnn2CCN)c(F)c1. The zero-order valence-electron chi connectivity index (χ0n) is 10.4. The van der Waals surface area contributed by atoms with Gasteiger partial charge < -0.3 is 10.5 Å². The molecule has 2 rings (SSSR count). The Labute approximate surface area is 114 Å². The van der Waals surface area contributed by atoms with Crippen molar-refractivity contribution in [1.82, 2.24) is 20.2 Å². The van der Waals surface area contributed by atoms with Gasteiger partial charge in [0.05, 0.1) is 13.7 Å². The minimum atomic E-state index is -0.301. The molecule has 0 atom stereocenters. The van der Waals surface area contributed by atoms with Gasteiger partial charge in [-0.3, -0.25) is 0 Å². The first-order valence-corrected chi connectivity index (χ1v) is 6.64. The van der Waals surface area contributed by atoms with Crippen molar-refractivity contribution in [3.8, 4) is 5.75 Å². The number of thioether (sulfide) groups is 1. The van der Waals surface area contributed by atoms with Crippen molar-refractivity contribution in [2.24, 2.45) is 5.73 Å². The molecule has 6 nitrogen and oxygen atoms in total. The Kier molecular flexibility index (Phi) is 4.69. The zero-order valence-corrected chi connectivity index (χ0v) is 11.2. The summed E-state index contributed by atoms with van der Waals surface area (Å²) in [7, 11) is 1.50. The minimum Gasteiger partial charge on any atom is -0.497 e. The molecule has 0 unspecified atom stereocenters. The van der Waals surface area contributed by atoms with Crippen LogP contribution >= 0.6 is 11.8 Å². The van der Waals surface area contributed by atoms with Gasteiger partial charge in [-0.1, -0.05) is 17.8 Å². The number of hydrogen-bond acceptors (Lipinski definition) is 6. The third-order valence-corrected chi connectivity index (χ3v) is 3.46. The Balaban J connectivity index is 2.04. The van der Waals surface area contributed by atoms with Crippen LogP contribution in [0.5, 0.6) is 5.75 Å². The number of benzene rings is 1. The van der Waals surface area contributed by atoms with Crippen LogP contribution in [-0.2, 0) is 12.3 Å². The van der Waals surface area contributed by atoms with Crippen LogP contribution in [0.3, 0.4) is 0 Å². The summed E-state index contributed by atoms with van der Waals surface area (Å²) in [5, 5.41) is 11.9. The maximum Gasteiger partial charge on any atom is 0.209 e. The van der Waals surface area contributed by atoms with Gasteiger partial charge in [0.15, 0.2) is 0 Å². The largest absolute Gasteiger partial charge is 0.497 e. The predicted octanol–water partition coefficient (Wildman–Crippen LogP) is 1.07. The first-order chi connectivity index (χ1) is 9.24. The maximum atomic E-state index is 13.7. The average Bonchev–Trinajstić information content (AvgIpc) is 2.85. The van der Waals surface area contributed by atoms with Gasteiger partial charge in [-0.25, -0.2) is 9.07 Å². The predicted molar refractivity (Wildman–Crippen MR) is 69.4 cm³/mol. The van der Waals surface area contributed by atoms with E-state index in [1.807, 2.05) is 0 Å². The summed E-state index contributed by atoms with van der Waals surface area (Å²) >= 11 is 1.36. The first-order valence-electron chi connectivity index (χ1n) is 5.66. The van der Waals surface area contributed by atoms with Crippen molar-refractivity contribution in [3.05, 3.63) is 29.6 Å². The molecule has 0 amide bonds. The van der Waals surface area contributed by atoms with E-state index in [0.29, 0.717) is 35.3 Å². The highest BCUT2D eigenvalue weighted by molar-refractivity contribution is 7.98. The van der Waals surface area contributed by atoms with Crippen LogP contribution in [-0.4, -0.2) is 33.9 Å². The minimum absolute atomic E-state index is 0.301. The van der Waals surface area contributed by atoms with E-state index in [-0.39, 0.29) is 5.82 Å². The fourth-order valence-corrected chi connectivity index (χ4v) is 2.37. The van der Waals surface area contributed by atoms with Crippen molar-refractivity contribution < 1.29 is 9.13 Å². The highest BCUT2D eigenvalue weighted by atomic mass is 32.2. The summed E-state index contributed by atoms with van der Waals surface area (Å²) in [6, 6.07) is 4.78. The molecule has 2 N–H and O–H groups in total. The van der Waals surface area contributed by atoms with Crippen LogP contribution in [0.4, 0.5) is 4.39 Å². The molecule has 2 aromatic rings. The van der Waals surface area contributed by atoms with Crippen molar-refractivity contribution in [2.75, 3.05) is 13.7 Å². The number of aromatic nitrogens is 4. The van der Waals surface area contributed by atoms with Crippen molar-refractivity contribution in [2.45, 2.75) is 17.5 Å². The standard InChI is InChI=1S/C11H14FN5OS/c1-18-9-3-2-8(10(12)6-9)7-19-11-14-15-16-17(11)5-4-13/h2-3,6H,4-5,7,13H2,1H3. The van der Waals surface area contributed by atoms with Crippen LogP contribution in [0.1, 0.15) is 5.56 Å². The molecule has 102 valence electrons. The molecule has 0 saturated heterocycles. The number of methoxy groups -OCH3 is 1. The Morgan fingerprint density at radius 2 is 2.32 bits per heavy atom. The van der Waals surface area contributed by atoms with Crippen LogP contribution in [0.15, 0.2) is 23.4 Å². The molecule has 8 heteroatoms. The topological polar surface area (TPSA) is 78.9 Å². The molecule has 0 radical (unpaired) electrons. The van der Waals surface area contributed by atoms with E-state index in [1.54, 1.807) is 16.8 Å². The van der Waals surface area contributed by atoms with Gasteiger partial charge in [0, 0.05) is 18.4 Å². The number of rotatable bonds is 6. The lowest BCUT2D eigenvalue weighted by atomic mass is 10.2. The maximum absolute atomic E-state index is 13.7. The monoisotopic (exact) mass is 283 g/mol. The molecule has 0 aliphatic heterocycles. The summed E-state index contributed by atoms with van der Waals surface area (Å²) in [5.74, 6) is 0.643. The molecule has 0 aliphatic carbocycles. The first kappa shape index (κ1) is 13.8. The van der Waals surface area contributed by atoms with E-state index < -0.39 is 0 Å². The molecule has 19 heavy (non-hydrogen) atoms. The Hall–Kier alpha value is -1.67. The molecule has 1 aromatic carbocycles. The third-order valence-electron chi connectivity index (χ3n) is 2.46. The number of halogens is 1. The Morgan fingerprint density at radius 3 is 3.00 bits per heavy atom. The number of ether oxygens (including phenoxy) is 1. The number of hydrogen-bond donors (Lipinski definition) is 1.